The van der Waals surface area contributed by atoms with Gasteiger partial charge >= 0.3 is 6.03 Å². The zero-order valence-electron chi connectivity index (χ0n) is 9.40. The van der Waals surface area contributed by atoms with E-state index in [0.717, 1.165) is 6.42 Å². The normalized spacial score (nSPS) is 24.7. The number of rotatable bonds is 3. The summed E-state index contributed by atoms with van der Waals surface area (Å²) in [7, 11) is 0. The largest absolute Gasteiger partial charge is 0.385 e. The lowest BCUT2D eigenvalue weighted by Gasteiger charge is -2.30. The topological polar surface area (TPSA) is 58.7 Å². The summed E-state index contributed by atoms with van der Waals surface area (Å²) in [5.74, 6) is 3.20. The number of hydrogen-bond acceptors (Lipinski definition) is 2. The average molecular weight is 207 g/mol. The predicted molar refractivity (Wildman–Crippen MR) is 60.4 cm³/mol. The summed E-state index contributed by atoms with van der Waals surface area (Å²) in [5, 5.41) is 0. The first-order valence-electron chi connectivity index (χ1n) is 5.15. The van der Waals surface area contributed by atoms with E-state index in [1.54, 1.807) is 11.8 Å². The van der Waals surface area contributed by atoms with Gasteiger partial charge in [0.05, 0.1) is 12.1 Å². The van der Waals surface area contributed by atoms with E-state index in [0.29, 0.717) is 5.84 Å². The van der Waals surface area contributed by atoms with Gasteiger partial charge in [-0.1, -0.05) is 26.2 Å². The number of carbonyl (C=O) groups is 1. The van der Waals surface area contributed by atoms with Crippen molar-refractivity contribution in [3.05, 3.63) is 0 Å². The third kappa shape index (κ3) is 1.96. The van der Waals surface area contributed by atoms with E-state index in [2.05, 4.69) is 17.8 Å². The SMILES string of the molecule is C#CC(C)N1C(=O)N=C(N)C1C(C)CC. The number of amidine groups is 1. The van der Waals surface area contributed by atoms with Crippen LogP contribution in [0.2, 0.25) is 0 Å². The highest BCUT2D eigenvalue weighted by molar-refractivity contribution is 6.03. The molecular weight excluding hydrogens is 190 g/mol. The van der Waals surface area contributed by atoms with Crippen LogP contribution in [-0.4, -0.2) is 28.9 Å². The van der Waals surface area contributed by atoms with E-state index in [1.807, 2.05) is 6.92 Å². The van der Waals surface area contributed by atoms with Gasteiger partial charge in [-0.2, -0.15) is 4.99 Å². The van der Waals surface area contributed by atoms with Crippen LogP contribution in [0.3, 0.4) is 0 Å². The van der Waals surface area contributed by atoms with Crippen LogP contribution in [0, 0.1) is 18.3 Å². The molecule has 0 aliphatic carbocycles. The predicted octanol–water partition coefficient (Wildman–Crippen LogP) is 1.22. The zero-order valence-corrected chi connectivity index (χ0v) is 9.40. The fourth-order valence-corrected chi connectivity index (χ4v) is 1.77. The molecule has 0 aromatic heterocycles. The van der Waals surface area contributed by atoms with Gasteiger partial charge in [-0.15, -0.1) is 6.42 Å². The van der Waals surface area contributed by atoms with Gasteiger partial charge in [0.2, 0.25) is 0 Å². The molecule has 1 rings (SSSR count). The van der Waals surface area contributed by atoms with Crippen LogP contribution in [0.1, 0.15) is 27.2 Å². The molecule has 3 unspecified atom stereocenters. The maximum absolute atomic E-state index is 11.6. The van der Waals surface area contributed by atoms with Gasteiger partial charge in [0, 0.05) is 0 Å². The summed E-state index contributed by atoms with van der Waals surface area (Å²) < 4.78 is 0. The number of aliphatic imine (C=N–C) groups is 1. The highest BCUT2D eigenvalue weighted by atomic mass is 16.2. The Morgan fingerprint density at radius 3 is 2.73 bits per heavy atom. The van der Waals surface area contributed by atoms with E-state index in [9.17, 15) is 4.79 Å². The first kappa shape index (κ1) is 11.6. The number of urea groups is 1. The summed E-state index contributed by atoms with van der Waals surface area (Å²) >= 11 is 0. The van der Waals surface area contributed by atoms with Crippen LogP contribution >= 0.6 is 0 Å². The van der Waals surface area contributed by atoms with Crippen molar-refractivity contribution in [2.75, 3.05) is 0 Å². The van der Waals surface area contributed by atoms with E-state index in [4.69, 9.17) is 12.2 Å². The van der Waals surface area contributed by atoms with E-state index in [-0.39, 0.29) is 24.0 Å². The van der Waals surface area contributed by atoms with Gasteiger partial charge in [-0.3, -0.25) is 4.90 Å². The van der Waals surface area contributed by atoms with Crippen molar-refractivity contribution in [2.45, 2.75) is 39.3 Å². The Labute approximate surface area is 90.5 Å². The van der Waals surface area contributed by atoms with Crippen LogP contribution in [0.5, 0.6) is 0 Å². The second kappa shape index (κ2) is 4.35. The van der Waals surface area contributed by atoms with Gasteiger partial charge < -0.3 is 5.73 Å². The Bertz CT molecular complexity index is 329. The molecule has 0 saturated heterocycles. The molecule has 0 fully saturated rings. The molecule has 0 aromatic rings. The Morgan fingerprint density at radius 1 is 1.67 bits per heavy atom. The summed E-state index contributed by atoms with van der Waals surface area (Å²) in [6.45, 7) is 5.91. The number of carbonyl (C=O) groups excluding carboxylic acids is 1. The molecular formula is C11H17N3O. The van der Waals surface area contributed by atoms with E-state index < -0.39 is 0 Å². The van der Waals surface area contributed by atoms with Crippen LogP contribution in [0.15, 0.2) is 4.99 Å². The van der Waals surface area contributed by atoms with Crippen molar-refractivity contribution in [3.8, 4) is 12.3 Å². The molecule has 1 aliphatic rings. The van der Waals surface area contributed by atoms with Crippen molar-refractivity contribution in [1.82, 2.24) is 4.90 Å². The highest BCUT2D eigenvalue weighted by Crippen LogP contribution is 2.23. The lowest BCUT2D eigenvalue weighted by molar-refractivity contribution is 0.182. The Hall–Kier alpha value is -1.50. The first-order chi connectivity index (χ1) is 7.02. The molecule has 1 heterocycles. The molecule has 2 amide bonds. The molecule has 4 nitrogen and oxygen atoms in total. The monoisotopic (exact) mass is 207 g/mol. The van der Waals surface area contributed by atoms with E-state index in [1.165, 1.54) is 0 Å². The molecule has 0 bridgehead atoms. The molecule has 4 heteroatoms. The molecule has 82 valence electrons. The van der Waals surface area contributed by atoms with Gasteiger partial charge in [-0.25, -0.2) is 4.79 Å². The van der Waals surface area contributed by atoms with Crippen molar-refractivity contribution >= 4 is 11.9 Å². The maximum atomic E-state index is 11.6. The minimum absolute atomic E-state index is 0.145. The number of hydrogen-bond donors (Lipinski definition) is 1. The Morgan fingerprint density at radius 2 is 2.27 bits per heavy atom. The smallest absolute Gasteiger partial charge is 0.346 e. The molecule has 0 saturated carbocycles. The van der Waals surface area contributed by atoms with Gasteiger partial charge in [-0.05, 0) is 12.8 Å². The van der Waals surface area contributed by atoms with Gasteiger partial charge in [0.1, 0.15) is 5.84 Å². The molecule has 0 aromatic carbocycles. The van der Waals surface area contributed by atoms with Gasteiger partial charge in [0.15, 0.2) is 0 Å². The van der Waals surface area contributed by atoms with Crippen molar-refractivity contribution in [1.29, 1.82) is 0 Å². The lowest BCUT2D eigenvalue weighted by Crippen LogP contribution is -2.48. The minimum Gasteiger partial charge on any atom is -0.385 e. The zero-order chi connectivity index (χ0) is 11.6. The van der Waals surface area contributed by atoms with Crippen LogP contribution < -0.4 is 5.73 Å². The Kier molecular flexibility index (Phi) is 3.35. The first-order valence-corrected chi connectivity index (χ1v) is 5.15. The number of nitrogens with two attached hydrogens (primary N) is 1. The second-order valence-corrected chi connectivity index (χ2v) is 3.90. The molecule has 0 radical (unpaired) electrons. The third-order valence-corrected chi connectivity index (χ3v) is 2.89. The van der Waals surface area contributed by atoms with Crippen LogP contribution in [-0.2, 0) is 0 Å². The van der Waals surface area contributed by atoms with Crippen LogP contribution in [0.4, 0.5) is 4.79 Å². The lowest BCUT2D eigenvalue weighted by atomic mass is 9.96. The second-order valence-electron chi connectivity index (χ2n) is 3.90. The molecule has 15 heavy (non-hydrogen) atoms. The Balaban J connectivity index is 2.96. The van der Waals surface area contributed by atoms with Crippen molar-refractivity contribution < 1.29 is 4.79 Å². The fraction of sp³-hybridized carbons (Fsp3) is 0.636. The average Bonchev–Trinajstić information content (AvgIpc) is 2.51. The number of amides is 2. The minimum atomic E-state index is -0.316. The highest BCUT2D eigenvalue weighted by Gasteiger charge is 2.38. The third-order valence-electron chi connectivity index (χ3n) is 2.89. The van der Waals surface area contributed by atoms with Crippen molar-refractivity contribution in [3.63, 3.8) is 0 Å². The molecule has 2 N–H and O–H groups in total. The maximum Gasteiger partial charge on any atom is 0.346 e. The summed E-state index contributed by atoms with van der Waals surface area (Å²) in [6, 6.07) is -0.724. The molecule has 0 spiro atoms. The number of terminal acetylenes is 1. The van der Waals surface area contributed by atoms with E-state index >= 15 is 0 Å². The molecule has 3 atom stereocenters. The number of nitrogens with zero attached hydrogens (tertiary/aromatic N) is 2. The fourth-order valence-electron chi connectivity index (χ4n) is 1.77. The summed E-state index contributed by atoms with van der Waals surface area (Å²) in [4.78, 5) is 16.9. The quantitative estimate of drug-likeness (QED) is 0.707. The van der Waals surface area contributed by atoms with Gasteiger partial charge in [0.25, 0.3) is 0 Å². The van der Waals surface area contributed by atoms with Crippen LogP contribution in [0.25, 0.3) is 0 Å². The van der Waals surface area contributed by atoms with Crippen molar-refractivity contribution in [2.24, 2.45) is 16.6 Å². The summed E-state index contributed by atoms with van der Waals surface area (Å²) in [5.41, 5.74) is 5.75. The standard InChI is InChI=1S/C11H17N3O/c1-5-7(3)9-10(12)13-11(15)14(9)8(4)6-2/h2,7-9H,5H2,1,3-4H3,(H2,12,13,15). The molecule has 1 aliphatic heterocycles. The summed E-state index contributed by atoms with van der Waals surface area (Å²) in [6.07, 6.45) is 6.26.